The van der Waals surface area contributed by atoms with Gasteiger partial charge in [-0.25, -0.2) is 17.5 Å². The van der Waals surface area contributed by atoms with E-state index in [9.17, 15) is 17.6 Å². The van der Waals surface area contributed by atoms with E-state index >= 15 is 0 Å². The molecule has 1 aliphatic heterocycles. The highest BCUT2D eigenvalue weighted by atomic mass is 35.5. The minimum absolute atomic E-state index is 0.0720. The molecule has 1 aliphatic rings. The average molecular weight is 383 g/mol. The second-order valence-electron chi connectivity index (χ2n) is 5.86. The van der Waals surface area contributed by atoms with E-state index in [4.69, 9.17) is 11.6 Å². The molecule has 0 bridgehead atoms. The summed E-state index contributed by atoms with van der Waals surface area (Å²) in [5.41, 5.74) is 0.727. The Balaban J connectivity index is 1.65. The topological polar surface area (TPSA) is 66.5 Å². The van der Waals surface area contributed by atoms with Crippen molar-refractivity contribution < 1.29 is 17.6 Å². The van der Waals surface area contributed by atoms with Crippen LogP contribution in [0.5, 0.6) is 0 Å². The molecule has 0 saturated carbocycles. The quantitative estimate of drug-likeness (QED) is 0.864. The molecular weight excluding hydrogens is 367 g/mol. The first-order valence-corrected chi connectivity index (χ1v) is 9.52. The Bertz CT molecular complexity index is 887. The number of anilines is 1. The molecule has 0 unspecified atom stereocenters. The van der Waals surface area contributed by atoms with Gasteiger partial charge in [0.25, 0.3) is 0 Å². The molecule has 0 aromatic heterocycles. The molecule has 1 atom stereocenters. The Morgan fingerprint density at radius 3 is 2.60 bits per heavy atom. The van der Waals surface area contributed by atoms with Gasteiger partial charge < -0.3 is 4.90 Å². The number of nitrogens with zero attached hydrogens (tertiary/aromatic N) is 1. The summed E-state index contributed by atoms with van der Waals surface area (Å²) in [6, 6.07) is 11.7. The van der Waals surface area contributed by atoms with E-state index in [-0.39, 0.29) is 29.7 Å². The number of carbonyl (C=O) groups excluding carboxylic acids is 1. The number of carbonyl (C=O) groups is 1. The number of nitrogens with one attached hydrogen (secondary N) is 1. The molecule has 0 radical (unpaired) electrons. The summed E-state index contributed by atoms with van der Waals surface area (Å²) in [4.78, 5) is 13.7. The summed E-state index contributed by atoms with van der Waals surface area (Å²) in [5, 5.41) is 0.579. The third-order valence-corrected chi connectivity index (χ3v) is 5.69. The molecule has 1 saturated heterocycles. The Morgan fingerprint density at radius 1 is 1.20 bits per heavy atom. The van der Waals surface area contributed by atoms with Crippen LogP contribution in [0.25, 0.3) is 0 Å². The summed E-state index contributed by atoms with van der Waals surface area (Å²) in [6.07, 6.45) is 0.244. The van der Waals surface area contributed by atoms with E-state index in [1.54, 1.807) is 29.2 Å². The summed E-state index contributed by atoms with van der Waals surface area (Å²) >= 11 is 5.85. The van der Waals surface area contributed by atoms with E-state index in [0.29, 0.717) is 11.6 Å². The lowest BCUT2D eigenvalue weighted by atomic mass is 10.1. The van der Waals surface area contributed by atoms with Crippen LogP contribution in [-0.4, -0.2) is 27.4 Å². The zero-order chi connectivity index (χ0) is 18.0. The summed E-state index contributed by atoms with van der Waals surface area (Å²) < 4.78 is 40.1. The van der Waals surface area contributed by atoms with Gasteiger partial charge in [0.15, 0.2) is 0 Å². The Labute approximate surface area is 150 Å². The van der Waals surface area contributed by atoms with Crippen LogP contribution in [0, 0.1) is 11.7 Å². The highest BCUT2D eigenvalue weighted by molar-refractivity contribution is 7.89. The van der Waals surface area contributed by atoms with Gasteiger partial charge in [-0.1, -0.05) is 17.7 Å². The second kappa shape index (κ2) is 7.11. The molecular formula is C17H16ClFN2O3S. The van der Waals surface area contributed by atoms with Crippen molar-refractivity contribution >= 4 is 33.2 Å². The zero-order valence-corrected chi connectivity index (χ0v) is 14.7. The summed E-state index contributed by atoms with van der Waals surface area (Å²) in [6.45, 7) is 0.515. The fourth-order valence-electron chi connectivity index (χ4n) is 2.73. The van der Waals surface area contributed by atoms with Crippen molar-refractivity contribution in [3.63, 3.8) is 0 Å². The van der Waals surface area contributed by atoms with Crippen molar-refractivity contribution in [3.8, 4) is 0 Å². The van der Waals surface area contributed by atoms with E-state index in [2.05, 4.69) is 4.72 Å². The number of amides is 1. The molecule has 3 rings (SSSR count). The van der Waals surface area contributed by atoms with Crippen molar-refractivity contribution in [1.82, 2.24) is 4.72 Å². The number of rotatable bonds is 5. The predicted octanol–water partition coefficient (Wildman–Crippen LogP) is 2.81. The van der Waals surface area contributed by atoms with E-state index in [1.807, 2.05) is 0 Å². The Morgan fingerprint density at radius 2 is 1.92 bits per heavy atom. The van der Waals surface area contributed by atoms with Gasteiger partial charge in [0.05, 0.1) is 4.90 Å². The molecule has 2 aromatic rings. The van der Waals surface area contributed by atoms with Crippen molar-refractivity contribution in [2.45, 2.75) is 11.3 Å². The Hall–Kier alpha value is -1.96. The average Bonchev–Trinajstić information content (AvgIpc) is 2.95. The molecule has 2 aromatic carbocycles. The lowest BCUT2D eigenvalue weighted by Crippen LogP contribution is -2.31. The van der Waals surface area contributed by atoms with Crippen LogP contribution >= 0.6 is 11.6 Å². The van der Waals surface area contributed by atoms with Crippen molar-refractivity contribution in [1.29, 1.82) is 0 Å². The molecule has 8 heteroatoms. The molecule has 0 spiro atoms. The molecule has 5 nitrogen and oxygen atoms in total. The number of halogens is 2. The van der Waals surface area contributed by atoms with Crippen LogP contribution in [0.2, 0.25) is 5.02 Å². The normalized spacial score (nSPS) is 17.9. The van der Waals surface area contributed by atoms with E-state index in [0.717, 1.165) is 11.8 Å². The van der Waals surface area contributed by atoms with Gasteiger partial charge in [-0.15, -0.1) is 0 Å². The van der Waals surface area contributed by atoms with E-state index in [1.165, 1.54) is 18.2 Å². The minimum Gasteiger partial charge on any atom is -0.312 e. The fraction of sp³-hybridized carbons (Fsp3) is 0.235. The molecule has 132 valence electrons. The van der Waals surface area contributed by atoms with Gasteiger partial charge in [-0.05, 0) is 48.4 Å². The van der Waals surface area contributed by atoms with Gasteiger partial charge in [0.2, 0.25) is 15.9 Å². The third-order valence-electron chi connectivity index (χ3n) is 4.01. The SMILES string of the molecule is O=C1C[C@H](CNS(=O)(=O)c2cccc(F)c2)CN1c1ccc(Cl)cc1. The fourth-order valence-corrected chi connectivity index (χ4v) is 4.01. The van der Waals surface area contributed by atoms with Gasteiger partial charge >= 0.3 is 0 Å². The molecule has 0 aliphatic carbocycles. The first-order valence-electron chi connectivity index (χ1n) is 7.66. The van der Waals surface area contributed by atoms with Crippen LogP contribution in [0.1, 0.15) is 6.42 Å². The molecule has 1 fully saturated rings. The highest BCUT2D eigenvalue weighted by Gasteiger charge is 2.31. The molecule has 1 N–H and O–H groups in total. The minimum atomic E-state index is -3.81. The number of benzene rings is 2. The van der Waals surface area contributed by atoms with Gasteiger partial charge in [0.1, 0.15) is 5.82 Å². The largest absolute Gasteiger partial charge is 0.312 e. The molecule has 1 heterocycles. The maximum Gasteiger partial charge on any atom is 0.240 e. The number of sulfonamides is 1. The van der Waals surface area contributed by atoms with E-state index < -0.39 is 15.8 Å². The lowest BCUT2D eigenvalue weighted by Gasteiger charge is -2.17. The van der Waals surface area contributed by atoms with Crippen LogP contribution in [0.4, 0.5) is 10.1 Å². The summed E-state index contributed by atoms with van der Waals surface area (Å²) in [5.74, 6) is -0.850. The molecule has 25 heavy (non-hydrogen) atoms. The third kappa shape index (κ3) is 4.18. The van der Waals surface area contributed by atoms with Crippen LogP contribution in [0.3, 0.4) is 0 Å². The van der Waals surface area contributed by atoms with Gasteiger partial charge in [-0.3, -0.25) is 4.79 Å². The second-order valence-corrected chi connectivity index (χ2v) is 8.06. The predicted molar refractivity (Wildman–Crippen MR) is 93.5 cm³/mol. The van der Waals surface area contributed by atoms with Crippen LogP contribution < -0.4 is 9.62 Å². The van der Waals surface area contributed by atoms with Crippen molar-refractivity contribution in [3.05, 3.63) is 59.4 Å². The monoisotopic (exact) mass is 382 g/mol. The molecule has 1 amide bonds. The summed E-state index contributed by atoms with van der Waals surface area (Å²) in [7, 11) is -3.81. The smallest absolute Gasteiger partial charge is 0.240 e. The highest BCUT2D eigenvalue weighted by Crippen LogP contribution is 2.26. The van der Waals surface area contributed by atoms with Crippen LogP contribution in [-0.2, 0) is 14.8 Å². The maximum atomic E-state index is 13.2. The maximum absolute atomic E-state index is 13.2. The van der Waals surface area contributed by atoms with Crippen molar-refractivity contribution in [2.75, 3.05) is 18.0 Å². The zero-order valence-electron chi connectivity index (χ0n) is 13.2. The van der Waals surface area contributed by atoms with Crippen molar-refractivity contribution in [2.24, 2.45) is 5.92 Å². The number of hydrogen-bond donors (Lipinski definition) is 1. The van der Waals surface area contributed by atoms with Gasteiger partial charge in [-0.2, -0.15) is 0 Å². The first kappa shape index (κ1) is 17.8. The lowest BCUT2D eigenvalue weighted by molar-refractivity contribution is -0.117. The standard InChI is InChI=1S/C17H16ClFN2O3S/c18-13-4-6-15(7-5-13)21-11-12(8-17(21)22)10-20-25(23,24)16-3-1-2-14(19)9-16/h1-7,9,12,20H,8,10-11H2/t12-/m1/s1. The van der Waals surface area contributed by atoms with Crippen LogP contribution in [0.15, 0.2) is 53.4 Å². The Kier molecular flexibility index (Phi) is 5.08. The number of hydrogen-bond acceptors (Lipinski definition) is 3. The first-order chi connectivity index (χ1) is 11.8. The van der Waals surface area contributed by atoms with Gasteiger partial charge in [0, 0.05) is 30.2 Å².